The van der Waals surface area contributed by atoms with E-state index in [2.05, 4.69) is 54.6 Å². The molecule has 1 unspecified atom stereocenters. The minimum absolute atomic E-state index is 0.156. The van der Waals surface area contributed by atoms with E-state index in [9.17, 15) is 0 Å². The molecule has 5 heteroatoms. The molecule has 1 aliphatic heterocycles. The van der Waals surface area contributed by atoms with Crippen molar-refractivity contribution in [2.45, 2.75) is 52.3 Å². The largest absolute Gasteiger partial charge is 0.487 e. The molecule has 1 atom stereocenters. The number of para-hydroxylation sites is 1. The smallest absolute Gasteiger partial charge is 0.192 e. The number of benzene rings is 1. The second kappa shape index (κ2) is 7.77. The molecule has 2 N–H and O–H groups in total. The van der Waals surface area contributed by atoms with Gasteiger partial charge in [-0.1, -0.05) is 24.3 Å². The van der Waals surface area contributed by atoms with Crippen LogP contribution in [0.15, 0.2) is 47.6 Å². The number of hydrogen-bond donors (Lipinski definition) is 2. The lowest BCUT2D eigenvalue weighted by molar-refractivity contribution is 0.0694. The van der Waals surface area contributed by atoms with Crippen LogP contribution in [0.25, 0.3) is 0 Å². The SMILES string of the molecule is CCNC(=NCc1ccc(C)nc1)NC1CC(C)(C)Oc2ccccc21. The van der Waals surface area contributed by atoms with Crippen LogP contribution in [0.5, 0.6) is 5.75 Å². The number of nitrogens with one attached hydrogen (secondary N) is 2. The number of guanidine groups is 1. The summed E-state index contributed by atoms with van der Waals surface area (Å²) < 4.78 is 6.12. The van der Waals surface area contributed by atoms with Crippen molar-refractivity contribution in [3.05, 3.63) is 59.4 Å². The number of hydrogen-bond acceptors (Lipinski definition) is 3. The Kier molecular flexibility index (Phi) is 5.45. The van der Waals surface area contributed by atoms with Gasteiger partial charge in [-0.25, -0.2) is 4.99 Å². The Hall–Kier alpha value is -2.56. The van der Waals surface area contributed by atoms with E-state index in [4.69, 9.17) is 9.73 Å². The average molecular weight is 352 g/mol. The lowest BCUT2D eigenvalue weighted by atomic mass is 9.90. The van der Waals surface area contributed by atoms with Crippen LogP contribution in [0.1, 0.15) is 50.1 Å². The summed E-state index contributed by atoms with van der Waals surface area (Å²) in [6.07, 6.45) is 2.76. The molecule has 2 heterocycles. The number of aromatic nitrogens is 1. The average Bonchev–Trinajstić information content (AvgIpc) is 2.60. The molecule has 0 spiro atoms. The van der Waals surface area contributed by atoms with Gasteiger partial charge < -0.3 is 15.4 Å². The van der Waals surface area contributed by atoms with Gasteiger partial charge in [0.2, 0.25) is 0 Å². The number of aliphatic imine (C=N–C) groups is 1. The van der Waals surface area contributed by atoms with Gasteiger partial charge in [0.25, 0.3) is 0 Å². The zero-order chi connectivity index (χ0) is 18.6. The first kappa shape index (κ1) is 18.2. The second-order valence-corrected chi connectivity index (χ2v) is 7.30. The summed E-state index contributed by atoms with van der Waals surface area (Å²) >= 11 is 0. The lowest BCUT2D eigenvalue weighted by Crippen LogP contribution is -2.45. The fourth-order valence-electron chi connectivity index (χ4n) is 3.18. The molecule has 0 amide bonds. The van der Waals surface area contributed by atoms with Crippen molar-refractivity contribution in [1.82, 2.24) is 15.6 Å². The van der Waals surface area contributed by atoms with Gasteiger partial charge in [0.1, 0.15) is 11.4 Å². The van der Waals surface area contributed by atoms with Crippen molar-refractivity contribution in [3.63, 3.8) is 0 Å². The lowest BCUT2D eigenvalue weighted by Gasteiger charge is -2.38. The number of fused-ring (bicyclic) bond motifs is 1. The maximum atomic E-state index is 6.12. The highest BCUT2D eigenvalue weighted by molar-refractivity contribution is 5.80. The van der Waals surface area contributed by atoms with Crippen molar-refractivity contribution in [1.29, 1.82) is 0 Å². The van der Waals surface area contributed by atoms with Crippen molar-refractivity contribution in [2.75, 3.05) is 6.54 Å². The highest BCUT2D eigenvalue weighted by Crippen LogP contribution is 2.39. The molecule has 0 bridgehead atoms. The molecule has 0 saturated carbocycles. The zero-order valence-electron chi connectivity index (χ0n) is 16.0. The summed E-state index contributed by atoms with van der Waals surface area (Å²) in [5.74, 6) is 1.76. The quantitative estimate of drug-likeness (QED) is 0.650. The van der Waals surface area contributed by atoms with Crippen molar-refractivity contribution in [3.8, 4) is 5.75 Å². The van der Waals surface area contributed by atoms with Crippen LogP contribution >= 0.6 is 0 Å². The number of nitrogens with zero attached hydrogens (tertiary/aromatic N) is 2. The number of ether oxygens (including phenoxy) is 1. The van der Waals surface area contributed by atoms with Gasteiger partial charge >= 0.3 is 0 Å². The summed E-state index contributed by atoms with van der Waals surface area (Å²) in [7, 11) is 0. The van der Waals surface area contributed by atoms with Gasteiger partial charge in [0, 0.05) is 30.4 Å². The predicted molar refractivity (Wildman–Crippen MR) is 105 cm³/mol. The third-order valence-electron chi connectivity index (χ3n) is 4.42. The van der Waals surface area contributed by atoms with Crippen LogP contribution in [0.4, 0.5) is 0 Å². The van der Waals surface area contributed by atoms with Crippen LogP contribution in [0, 0.1) is 6.92 Å². The maximum absolute atomic E-state index is 6.12. The number of rotatable bonds is 4. The molecule has 0 aliphatic carbocycles. The molecular weight excluding hydrogens is 324 g/mol. The summed E-state index contributed by atoms with van der Waals surface area (Å²) in [5.41, 5.74) is 3.07. The number of aryl methyl sites for hydroxylation is 1. The summed E-state index contributed by atoms with van der Waals surface area (Å²) in [6, 6.07) is 12.5. The summed E-state index contributed by atoms with van der Waals surface area (Å²) in [4.78, 5) is 9.08. The van der Waals surface area contributed by atoms with E-state index in [-0.39, 0.29) is 11.6 Å². The van der Waals surface area contributed by atoms with Gasteiger partial charge in [0.15, 0.2) is 5.96 Å². The maximum Gasteiger partial charge on any atom is 0.192 e. The molecule has 1 aromatic carbocycles. The van der Waals surface area contributed by atoms with Crippen LogP contribution < -0.4 is 15.4 Å². The van der Waals surface area contributed by atoms with Crippen LogP contribution in [0.3, 0.4) is 0 Å². The first-order valence-electron chi connectivity index (χ1n) is 9.21. The zero-order valence-corrected chi connectivity index (χ0v) is 16.0. The fraction of sp³-hybridized carbons (Fsp3) is 0.429. The molecule has 1 aromatic heterocycles. The summed E-state index contributed by atoms with van der Waals surface area (Å²) in [6.45, 7) is 9.72. The monoisotopic (exact) mass is 352 g/mol. The van der Waals surface area contributed by atoms with E-state index < -0.39 is 0 Å². The molecule has 3 rings (SSSR count). The van der Waals surface area contributed by atoms with Crippen LogP contribution in [-0.4, -0.2) is 23.1 Å². The molecule has 1 aliphatic rings. The van der Waals surface area contributed by atoms with Crippen LogP contribution in [0.2, 0.25) is 0 Å². The summed E-state index contributed by atoms with van der Waals surface area (Å²) in [5, 5.41) is 6.94. The first-order valence-corrected chi connectivity index (χ1v) is 9.21. The Balaban J connectivity index is 1.79. The standard InChI is InChI=1S/C21H28N4O/c1-5-22-20(24-14-16-11-10-15(2)23-13-16)25-18-12-21(3,4)26-19-9-7-6-8-17(18)19/h6-11,13,18H,5,12,14H2,1-4H3,(H2,22,24,25). The molecule has 0 fully saturated rings. The van der Waals surface area contributed by atoms with E-state index in [0.29, 0.717) is 6.54 Å². The highest BCUT2D eigenvalue weighted by Gasteiger charge is 2.33. The normalized spacial score (nSPS) is 18.6. The third kappa shape index (κ3) is 4.54. The molecular formula is C21H28N4O. The van der Waals surface area contributed by atoms with Gasteiger partial charge in [-0.05, 0) is 45.4 Å². The molecule has 138 valence electrons. The van der Waals surface area contributed by atoms with E-state index >= 15 is 0 Å². The van der Waals surface area contributed by atoms with Gasteiger partial charge in [-0.2, -0.15) is 0 Å². The molecule has 0 radical (unpaired) electrons. The number of pyridine rings is 1. The molecule has 2 aromatic rings. The van der Waals surface area contributed by atoms with Crippen molar-refractivity contribution < 1.29 is 4.74 Å². The highest BCUT2D eigenvalue weighted by atomic mass is 16.5. The van der Waals surface area contributed by atoms with Crippen LogP contribution in [-0.2, 0) is 6.54 Å². The van der Waals surface area contributed by atoms with E-state index in [0.717, 1.165) is 35.9 Å². The Labute approximate surface area is 155 Å². The van der Waals surface area contributed by atoms with Crippen molar-refractivity contribution >= 4 is 5.96 Å². The van der Waals surface area contributed by atoms with Crippen molar-refractivity contribution in [2.24, 2.45) is 4.99 Å². The predicted octanol–water partition coefficient (Wildman–Crippen LogP) is 3.75. The molecule has 26 heavy (non-hydrogen) atoms. The van der Waals surface area contributed by atoms with Gasteiger partial charge in [0.05, 0.1) is 12.6 Å². The molecule has 0 saturated heterocycles. The minimum Gasteiger partial charge on any atom is -0.487 e. The van der Waals surface area contributed by atoms with Gasteiger partial charge in [-0.15, -0.1) is 0 Å². The van der Waals surface area contributed by atoms with E-state index in [1.165, 1.54) is 5.56 Å². The van der Waals surface area contributed by atoms with Gasteiger partial charge in [-0.3, -0.25) is 4.98 Å². The Morgan fingerprint density at radius 2 is 2.08 bits per heavy atom. The second-order valence-electron chi connectivity index (χ2n) is 7.30. The van der Waals surface area contributed by atoms with E-state index in [1.54, 1.807) is 0 Å². The third-order valence-corrected chi connectivity index (χ3v) is 4.42. The molecule has 5 nitrogen and oxygen atoms in total. The van der Waals surface area contributed by atoms with E-state index in [1.807, 2.05) is 31.3 Å². The Morgan fingerprint density at radius 3 is 2.81 bits per heavy atom. The Bertz CT molecular complexity index is 768. The fourth-order valence-corrected chi connectivity index (χ4v) is 3.18. The minimum atomic E-state index is -0.218. The first-order chi connectivity index (χ1) is 12.5. The topological polar surface area (TPSA) is 58.5 Å². The Morgan fingerprint density at radius 1 is 1.27 bits per heavy atom.